The number of rotatable bonds is 6. The van der Waals surface area contributed by atoms with Crippen molar-refractivity contribution in [1.82, 2.24) is 30.7 Å². The highest BCUT2D eigenvalue weighted by Gasteiger charge is 2.44. The molecule has 3 N–H and O–H groups in total. The minimum Gasteiger partial charge on any atom is -0.354 e. The SMILES string of the molecule is CC1(C)NC(=O)N(CC(=O)NCCSc2ncn[nH]2)C1=O. The summed E-state index contributed by atoms with van der Waals surface area (Å²) >= 11 is 1.41. The van der Waals surface area contributed by atoms with E-state index in [0.717, 1.165) is 4.90 Å². The van der Waals surface area contributed by atoms with Crippen LogP contribution in [-0.2, 0) is 9.59 Å². The number of hydrogen-bond donors (Lipinski definition) is 3. The van der Waals surface area contributed by atoms with E-state index in [2.05, 4.69) is 25.8 Å². The minimum absolute atomic E-state index is 0.277. The Labute approximate surface area is 125 Å². The predicted molar refractivity (Wildman–Crippen MR) is 74.4 cm³/mol. The first-order chi connectivity index (χ1) is 9.90. The summed E-state index contributed by atoms with van der Waals surface area (Å²) in [4.78, 5) is 40.1. The highest BCUT2D eigenvalue weighted by molar-refractivity contribution is 7.99. The number of aromatic nitrogens is 3. The molecule has 114 valence electrons. The third kappa shape index (κ3) is 3.72. The van der Waals surface area contributed by atoms with E-state index in [0.29, 0.717) is 17.5 Å². The number of aromatic amines is 1. The summed E-state index contributed by atoms with van der Waals surface area (Å²) < 4.78 is 0. The summed E-state index contributed by atoms with van der Waals surface area (Å²) in [5.74, 6) is -0.180. The van der Waals surface area contributed by atoms with Crippen LogP contribution in [0.15, 0.2) is 11.5 Å². The quantitative estimate of drug-likeness (QED) is 0.364. The molecule has 1 aliphatic rings. The molecule has 1 fully saturated rings. The van der Waals surface area contributed by atoms with Gasteiger partial charge in [0.2, 0.25) is 5.91 Å². The molecule has 0 atom stereocenters. The second kappa shape index (κ2) is 6.12. The summed E-state index contributed by atoms with van der Waals surface area (Å²) in [5.41, 5.74) is -0.959. The molecular formula is C11H16N6O3S. The number of amides is 4. The number of carbonyl (C=O) groups excluding carboxylic acids is 3. The number of imide groups is 1. The van der Waals surface area contributed by atoms with E-state index >= 15 is 0 Å². The van der Waals surface area contributed by atoms with Crippen LogP contribution in [0.4, 0.5) is 4.79 Å². The van der Waals surface area contributed by atoms with Crippen LogP contribution in [0.5, 0.6) is 0 Å². The number of thioether (sulfide) groups is 1. The van der Waals surface area contributed by atoms with Crippen molar-refractivity contribution in [2.45, 2.75) is 24.5 Å². The Bertz CT molecular complexity index is 544. The Kier molecular flexibility index (Phi) is 4.46. The zero-order valence-corrected chi connectivity index (χ0v) is 12.5. The Hall–Kier alpha value is -2.10. The average molecular weight is 312 g/mol. The number of H-pyrrole nitrogens is 1. The van der Waals surface area contributed by atoms with Crippen molar-refractivity contribution in [3.63, 3.8) is 0 Å². The Morgan fingerprint density at radius 1 is 1.48 bits per heavy atom. The zero-order chi connectivity index (χ0) is 15.5. The molecule has 0 spiro atoms. The van der Waals surface area contributed by atoms with Gasteiger partial charge in [-0.25, -0.2) is 9.78 Å². The van der Waals surface area contributed by atoms with Crippen LogP contribution in [-0.4, -0.2) is 62.3 Å². The second-order valence-electron chi connectivity index (χ2n) is 4.94. The van der Waals surface area contributed by atoms with Gasteiger partial charge in [-0.05, 0) is 13.8 Å². The van der Waals surface area contributed by atoms with E-state index in [1.165, 1.54) is 18.1 Å². The van der Waals surface area contributed by atoms with Crippen molar-refractivity contribution in [2.75, 3.05) is 18.8 Å². The standard InChI is InChI=1S/C11H16N6O3S/c1-11(2)8(19)17(10(20)15-11)5-7(18)12-3-4-21-9-13-6-14-16-9/h6H,3-5H2,1-2H3,(H,12,18)(H,15,20)(H,13,14,16). The molecule has 1 aromatic heterocycles. The first-order valence-corrected chi connectivity index (χ1v) is 7.27. The topological polar surface area (TPSA) is 120 Å². The Morgan fingerprint density at radius 3 is 2.81 bits per heavy atom. The molecule has 10 heteroatoms. The smallest absolute Gasteiger partial charge is 0.325 e. The molecule has 1 saturated heterocycles. The fourth-order valence-corrected chi connectivity index (χ4v) is 2.40. The predicted octanol–water partition coefficient (Wildman–Crippen LogP) is -0.657. The fourth-order valence-electron chi connectivity index (χ4n) is 1.76. The molecule has 0 aromatic carbocycles. The van der Waals surface area contributed by atoms with Gasteiger partial charge in [-0.2, -0.15) is 5.10 Å². The lowest BCUT2D eigenvalue weighted by Gasteiger charge is -2.15. The summed E-state index contributed by atoms with van der Waals surface area (Å²) in [6.07, 6.45) is 1.40. The Balaban J connectivity index is 1.72. The average Bonchev–Trinajstić information content (AvgIpc) is 2.98. The molecule has 0 aliphatic carbocycles. The molecular weight excluding hydrogens is 296 g/mol. The van der Waals surface area contributed by atoms with Gasteiger partial charge in [-0.1, -0.05) is 11.8 Å². The lowest BCUT2D eigenvalue weighted by molar-refractivity contribution is -0.134. The number of nitrogens with one attached hydrogen (secondary N) is 3. The van der Waals surface area contributed by atoms with Gasteiger partial charge in [0.25, 0.3) is 5.91 Å². The van der Waals surface area contributed by atoms with Crippen molar-refractivity contribution in [3.05, 3.63) is 6.33 Å². The van der Waals surface area contributed by atoms with Crippen molar-refractivity contribution in [3.8, 4) is 0 Å². The first kappa shape index (κ1) is 15.3. The number of nitrogens with zero attached hydrogens (tertiary/aromatic N) is 3. The van der Waals surface area contributed by atoms with Gasteiger partial charge in [-0.3, -0.25) is 19.6 Å². The largest absolute Gasteiger partial charge is 0.354 e. The van der Waals surface area contributed by atoms with Gasteiger partial charge in [0.1, 0.15) is 18.4 Å². The molecule has 1 aromatic rings. The highest BCUT2D eigenvalue weighted by Crippen LogP contribution is 2.15. The summed E-state index contributed by atoms with van der Waals surface area (Å²) in [7, 11) is 0. The maximum absolute atomic E-state index is 11.9. The van der Waals surface area contributed by atoms with Crippen molar-refractivity contribution in [2.24, 2.45) is 0 Å². The van der Waals surface area contributed by atoms with E-state index in [-0.39, 0.29) is 12.5 Å². The van der Waals surface area contributed by atoms with Crippen LogP contribution in [0.25, 0.3) is 0 Å². The van der Waals surface area contributed by atoms with E-state index in [1.54, 1.807) is 13.8 Å². The molecule has 0 bridgehead atoms. The minimum atomic E-state index is -0.959. The van der Waals surface area contributed by atoms with Crippen LogP contribution >= 0.6 is 11.8 Å². The van der Waals surface area contributed by atoms with Crippen LogP contribution in [0.1, 0.15) is 13.8 Å². The lowest BCUT2D eigenvalue weighted by atomic mass is 10.1. The third-order valence-corrected chi connectivity index (χ3v) is 3.68. The molecule has 0 unspecified atom stereocenters. The molecule has 0 saturated carbocycles. The molecule has 1 aliphatic heterocycles. The molecule has 2 heterocycles. The molecule has 2 rings (SSSR count). The maximum atomic E-state index is 11.9. The number of urea groups is 1. The van der Waals surface area contributed by atoms with E-state index in [4.69, 9.17) is 0 Å². The van der Waals surface area contributed by atoms with Crippen LogP contribution in [0.3, 0.4) is 0 Å². The second-order valence-corrected chi connectivity index (χ2v) is 6.02. The van der Waals surface area contributed by atoms with Crippen molar-refractivity contribution in [1.29, 1.82) is 0 Å². The molecule has 0 radical (unpaired) electrons. The first-order valence-electron chi connectivity index (χ1n) is 6.29. The van der Waals surface area contributed by atoms with Crippen LogP contribution < -0.4 is 10.6 Å². The van der Waals surface area contributed by atoms with Crippen molar-refractivity contribution >= 4 is 29.6 Å². The Morgan fingerprint density at radius 2 is 2.24 bits per heavy atom. The zero-order valence-electron chi connectivity index (χ0n) is 11.7. The highest BCUT2D eigenvalue weighted by atomic mass is 32.2. The van der Waals surface area contributed by atoms with Gasteiger partial charge in [0.05, 0.1) is 0 Å². The van der Waals surface area contributed by atoms with Gasteiger partial charge in [0, 0.05) is 12.3 Å². The molecule has 4 amide bonds. The number of carbonyl (C=O) groups is 3. The molecule has 21 heavy (non-hydrogen) atoms. The van der Waals surface area contributed by atoms with Gasteiger partial charge in [0.15, 0.2) is 5.16 Å². The monoisotopic (exact) mass is 312 g/mol. The molecule has 9 nitrogen and oxygen atoms in total. The normalized spacial score (nSPS) is 17.0. The van der Waals surface area contributed by atoms with Crippen LogP contribution in [0, 0.1) is 0 Å². The summed E-state index contributed by atoms with van der Waals surface area (Å²) in [6, 6.07) is -0.545. The van der Waals surface area contributed by atoms with Gasteiger partial charge >= 0.3 is 6.03 Å². The third-order valence-electron chi connectivity index (χ3n) is 2.80. The number of hydrogen-bond acceptors (Lipinski definition) is 6. The van der Waals surface area contributed by atoms with Crippen molar-refractivity contribution < 1.29 is 14.4 Å². The van der Waals surface area contributed by atoms with Gasteiger partial charge in [-0.15, -0.1) is 0 Å². The maximum Gasteiger partial charge on any atom is 0.325 e. The summed E-state index contributed by atoms with van der Waals surface area (Å²) in [5, 5.41) is 12.2. The van der Waals surface area contributed by atoms with E-state index in [1.807, 2.05) is 0 Å². The van der Waals surface area contributed by atoms with E-state index in [9.17, 15) is 14.4 Å². The van der Waals surface area contributed by atoms with Gasteiger partial charge < -0.3 is 10.6 Å². The van der Waals surface area contributed by atoms with E-state index < -0.39 is 17.5 Å². The fraction of sp³-hybridized carbons (Fsp3) is 0.545. The lowest BCUT2D eigenvalue weighted by Crippen LogP contribution is -2.43. The summed E-state index contributed by atoms with van der Waals surface area (Å²) in [6.45, 7) is 3.32. The van der Waals surface area contributed by atoms with Crippen LogP contribution in [0.2, 0.25) is 0 Å².